The maximum Gasteiger partial charge on any atom is 0.273 e. The number of carbonyl (C=O) groups excluding carboxylic acids is 2. The Morgan fingerprint density at radius 1 is 1.13 bits per heavy atom. The number of aromatic nitrogens is 3. The number of amides is 2. The molecule has 0 unspecified atom stereocenters. The molecule has 2 aliphatic rings. The molecule has 0 saturated carbocycles. The van der Waals surface area contributed by atoms with Gasteiger partial charge in [0.15, 0.2) is 5.82 Å². The van der Waals surface area contributed by atoms with Crippen LogP contribution in [-0.4, -0.2) is 63.8 Å². The van der Waals surface area contributed by atoms with Crippen molar-refractivity contribution in [2.45, 2.75) is 45.2 Å². The highest BCUT2D eigenvalue weighted by molar-refractivity contribution is 5.92. The molecule has 2 aliphatic heterocycles. The lowest BCUT2D eigenvalue weighted by molar-refractivity contribution is -0.129. The molecule has 0 N–H and O–H groups in total. The highest BCUT2D eigenvalue weighted by atomic mass is 16.2. The first kappa shape index (κ1) is 20.3. The summed E-state index contributed by atoms with van der Waals surface area (Å²) < 4.78 is 0. The Labute approximate surface area is 176 Å². The van der Waals surface area contributed by atoms with Crippen LogP contribution < -0.4 is 4.90 Å². The maximum atomic E-state index is 13.2. The van der Waals surface area contributed by atoms with Gasteiger partial charge in [-0.3, -0.25) is 14.6 Å². The predicted molar refractivity (Wildman–Crippen MR) is 113 cm³/mol. The summed E-state index contributed by atoms with van der Waals surface area (Å²) in [6, 6.07) is 5.23. The predicted octanol–water partition coefficient (Wildman–Crippen LogP) is 2.21. The molecule has 8 heteroatoms. The molecule has 0 aromatic carbocycles. The molecule has 2 aromatic heterocycles. The van der Waals surface area contributed by atoms with Crippen LogP contribution in [0.1, 0.15) is 59.8 Å². The van der Waals surface area contributed by atoms with Gasteiger partial charge in [0.2, 0.25) is 5.91 Å². The number of nitrogens with zero attached hydrogens (tertiary/aromatic N) is 6. The number of carbonyl (C=O) groups is 2. The van der Waals surface area contributed by atoms with Crippen molar-refractivity contribution < 1.29 is 9.59 Å². The van der Waals surface area contributed by atoms with E-state index in [4.69, 9.17) is 9.97 Å². The zero-order valence-electron chi connectivity index (χ0n) is 17.8. The molecule has 1 atom stereocenters. The fraction of sp³-hybridized carbons (Fsp3) is 0.500. The standard InChI is InChI=1S/C22H28N6O2/c1-15(29)27-13-10-17-16(14-27)21(26(2)3)25-20(24-17)19-9-5-7-12-28(19)22(30)18-8-4-6-11-23-18/h4,6,8,11,19H,5,7,9-10,12-14H2,1-3H3/t19-/m0/s1. The first-order valence-electron chi connectivity index (χ1n) is 10.5. The summed E-state index contributed by atoms with van der Waals surface area (Å²) in [5, 5.41) is 0. The van der Waals surface area contributed by atoms with Gasteiger partial charge in [0.25, 0.3) is 5.91 Å². The van der Waals surface area contributed by atoms with Gasteiger partial charge >= 0.3 is 0 Å². The highest BCUT2D eigenvalue weighted by Gasteiger charge is 2.33. The van der Waals surface area contributed by atoms with Crippen LogP contribution in [0.15, 0.2) is 24.4 Å². The van der Waals surface area contributed by atoms with Gasteiger partial charge in [0.1, 0.15) is 11.5 Å². The summed E-state index contributed by atoms with van der Waals surface area (Å²) in [5.74, 6) is 1.51. The van der Waals surface area contributed by atoms with E-state index in [1.807, 2.05) is 40.9 Å². The van der Waals surface area contributed by atoms with Crippen molar-refractivity contribution in [2.75, 3.05) is 32.1 Å². The lowest BCUT2D eigenvalue weighted by Crippen LogP contribution is -2.41. The number of pyridine rings is 1. The molecule has 1 saturated heterocycles. The van der Waals surface area contributed by atoms with Gasteiger partial charge in [-0.25, -0.2) is 9.97 Å². The van der Waals surface area contributed by atoms with Crippen molar-refractivity contribution in [1.29, 1.82) is 0 Å². The van der Waals surface area contributed by atoms with Gasteiger partial charge in [-0.05, 0) is 31.4 Å². The summed E-state index contributed by atoms with van der Waals surface area (Å²) >= 11 is 0. The molecule has 4 rings (SSSR count). The molecule has 158 valence electrons. The van der Waals surface area contributed by atoms with Crippen molar-refractivity contribution in [3.63, 3.8) is 0 Å². The van der Waals surface area contributed by atoms with Crippen LogP contribution in [0.3, 0.4) is 0 Å². The van der Waals surface area contributed by atoms with Crippen molar-refractivity contribution in [3.8, 4) is 0 Å². The Morgan fingerprint density at radius 2 is 1.97 bits per heavy atom. The topological polar surface area (TPSA) is 82.5 Å². The van der Waals surface area contributed by atoms with Gasteiger partial charge < -0.3 is 14.7 Å². The van der Waals surface area contributed by atoms with E-state index in [0.717, 1.165) is 36.3 Å². The first-order valence-corrected chi connectivity index (χ1v) is 10.5. The minimum absolute atomic E-state index is 0.0637. The second-order valence-electron chi connectivity index (χ2n) is 8.14. The van der Waals surface area contributed by atoms with Crippen molar-refractivity contribution >= 4 is 17.6 Å². The van der Waals surface area contributed by atoms with Crippen molar-refractivity contribution in [2.24, 2.45) is 0 Å². The molecule has 2 amide bonds. The molecule has 0 spiro atoms. The van der Waals surface area contributed by atoms with Gasteiger partial charge in [-0.1, -0.05) is 6.07 Å². The maximum absolute atomic E-state index is 13.2. The third kappa shape index (κ3) is 3.86. The van der Waals surface area contributed by atoms with E-state index in [-0.39, 0.29) is 17.9 Å². The molecule has 1 fully saturated rings. The van der Waals surface area contributed by atoms with Gasteiger partial charge in [0.05, 0.1) is 18.3 Å². The Hall–Kier alpha value is -3.03. The van der Waals surface area contributed by atoms with Gasteiger partial charge in [-0.2, -0.15) is 0 Å². The summed E-state index contributed by atoms with van der Waals surface area (Å²) in [5.41, 5.74) is 2.44. The molecule has 4 heterocycles. The Bertz CT molecular complexity index is 946. The van der Waals surface area contributed by atoms with Crippen LogP contribution in [0.5, 0.6) is 0 Å². The van der Waals surface area contributed by atoms with Crippen LogP contribution in [0.2, 0.25) is 0 Å². The highest BCUT2D eigenvalue weighted by Crippen LogP contribution is 2.33. The first-order chi connectivity index (χ1) is 14.5. The van der Waals surface area contributed by atoms with E-state index in [2.05, 4.69) is 4.98 Å². The number of fused-ring (bicyclic) bond motifs is 1. The molecular formula is C22H28N6O2. The molecule has 0 radical (unpaired) electrons. The van der Waals surface area contributed by atoms with E-state index >= 15 is 0 Å². The normalized spacial score (nSPS) is 18.7. The fourth-order valence-corrected chi connectivity index (χ4v) is 4.28. The van der Waals surface area contributed by atoms with Crippen LogP contribution >= 0.6 is 0 Å². The number of piperidine rings is 1. The summed E-state index contributed by atoms with van der Waals surface area (Å²) in [6.07, 6.45) is 5.18. The van der Waals surface area contributed by atoms with E-state index in [1.165, 1.54) is 0 Å². The third-order valence-corrected chi connectivity index (χ3v) is 5.87. The zero-order chi connectivity index (χ0) is 21.3. The Kier molecular flexibility index (Phi) is 5.65. The second-order valence-corrected chi connectivity index (χ2v) is 8.14. The van der Waals surface area contributed by atoms with Crippen molar-refractivity contribution in [1.82, 2.24) is 24.8 Å². The van der Waals surface area contributed by atoms with E-state index in [0.29, 0.717) is 37.6 Å². The molecule has 30 heavy (non-hydrogen) atoms. The van der Waals surface area contributed by atoms with Gasteiger partial charge in [-0.15, -0.1) is 0 Å². The summed E-state index contributed by atoms with van der Waals surface area (Å²) in [6.45, 7) is 3.46. The molecule has 0 bridgehead atoms. The average Bonchev–Trinajstić information content (AvgIpc) is 2.77. The quantitative estimate of drug-likeness (QED) is 0.774. The third-order valence-electron chi connectivity index (χ3n) is 5.87. The molecule has 2 aromatic rings. The summed E-state index contributed by atoms with van der Waals surface area (Å²) in [7, 11) is 3.91. The Balaban J connectivity index is 1.71. The lowest BCUT2D eigenvalue weighted by Gasteiger charge is -2.36. The van der Waals surface area contributed by atoms with E-state index in [1.54, 1.807) is 19.2 Å². The van der Waals surface area contributed by atoms with Gasteiger partial charge in [0, 0.05) is 52.3 Å². The lowest BCUT2D eigenvalue weighted by atomic mass is 9.99. The van der Waals surface area contributed by atoms with Crippen LogP contribution in [0.4, 0.5) is 5.82 Å². The number of hydrogen-bond donors (Lipinski definition) is 0. The number of likely N-dealkylation sites (tertiary alicyclic amines) is 1. The van der Waals surface area contributed by atoms with Crippen molar-refractivity contribution in [3.05, 3.63) is 47.2 Å². The van der Waals surface area contributed by atoms with Crippen LogP contribution in [0.25, 0.3) is 0 Å². The monoisotopic (exact) mass is 408 g/mol. The van der Waals surface area contributed by atoms with Crippen LogP contribution in [0, 0.1) is 0 Å². The Morgan fingerprint density at radius 3 is 2.67 bits per heavy atom. The molecule has 8 nitrogen and oxygen atoms in total. The van der Waals surface area contributed by atoms with E-state index in [9.17, 15) is 9.59 Å². The zero-order valence-corrected chi connectivity index (χ0v) is 17.8. The van der Waals surface area contributed by atoms with Crippen LogP contribution in [-0.2, 0) is 17.8 Å². The number of rotatable bonds is 3. The minimum Gasteiger partial charge on any atom is -0.362 e. The smallest absolute Gasteiger partial charge is 0.273 e. The fourth-order valence-electron chi connectivity index (χ4n) is 4.28. The number of hydrogen-bond acceptors (Lipinski definition) is 6. The second kappa shape index (κ2) is 8.38. The molecule has 0 aliphatic carbocycles. The molecular weight excluding hydrogens is 380 g/mol. The minimum atomic E-state index is -0.164. The largest absolute Gasteiger partial charge is 0.362 e. The average molecular weight is 409 g/mol. The number of anilines is 1. The SMILES string of the molecule is CC(=O)N1CCc2nc([C@@H]3CCCCN3C(=O)c3ccccn3)nc(N(C)C)c2C1. The van der Waals surface area contributed by atoms with E-state index < -0.39 is 0 Å². The summed E-state index contributed by atoms with van der Waals surface area (Å²) in [4.78, 5) is 44.8.